The predicted octanol–water partition coefficient (Wildman–Crippen LogP) is 2.89. The Morgan fingerprint density at radius 2 is 1.87 bits per heavy atom. The molecule has 0 saturated carbocycles. The summed E-state index contributed by atoms with van der Waals surface area (Å²) in [4.78, 5) is 9.10. The van der Waals surface area contributed by atoms with Crippen molar-refractivity contribution in [2.45, 2.75) is 24.9 Å². The van der Waals surface area contributed by atoms with Crippen molar-refractivity contribution < 1.29 is 9.15 Å². The Labute approximate surface area is 180 Å². The summed E-state index contributed by atoms with van der Waals surface area (Å²) in [5.74, 6) is 2.68. The van der Waals surface area contributed by atoms with Crippen LogP contribution in [0.4, 0.5) is 0 Å². The van der Waals surface area contributed by atoms with E-state index < -0.39 is 0 Å². The van der Waals surface area contributed by atoms with Gasteiger partial charge in [0.15, 0.2) is 5.96 Å². The summed E-state index contributed by atoms with van der Waals surface area (Å²) in [6.07, 6.45) is 4.24. The summed E-state index contributed by atoms with van der Waals surface area (Å²) < 4.78 is 11.3. The molecule has 2 aromatic rings. The van der Waals surface area contributed by atoms with Crippen molar-refractivity contribution in [2.75, 3.05) is 54.4 Å². The standard InChI is InChI=1S/C23H35N5O2/c1-24-23(25-16-19(27(2)3)18-10-5-6-11-21(18)29-4)26-17-20(22-12-9-15-30-22)28-13-7-8-14-28/h5-6,9-12,15,19-20H,7-8,13-14,16-17H2,1-4H3,(H2,24,25,26). The molecule has 2 unspecified atom stereocenters. The average Bonchev–Trinajstić information content (AvgIpc) is 3.47. The molecule has 7 heteroatoms. The van der Waals surface area contributed by atoms with Crippen molar-refractivity contribution in [3.8, 4) is 5.75 Å². The molecule has 2 atom stereocenters. The highest BCUT2D eigenvalue weighted by atomic mass is 16.5. The summed E-state index contributed by atoms with van der Waals surface area (Å²) in [5, 5.41) is 6.98. The van der Waals surface area contributed by atoms with E-state index in [2.05, 4.69) is 51.7 Å². The van der Waals surface area contributed by atoms with Gasteiger partial charge in [-0.15, -0.1) is 0 Å². The van der Waals surface area contributed by atoms with E-state index >= 15 is 0 Å². The lowest BCUT2D eigenvalue weighted by atomic mass is 10.0. The van der Waals surface area contributed by atoms with Crippen LogP contribution < -0.4 is 15.4 Å². The smallest absolute Gasteiger partial charge is 0.191 e. The fraction of sp³-hybridized carbons (Fsp3) is 0.522. The number of likely N-dealkylation sites (N-methyl/N-ethyl adjacent to an activating group) is 1. The molecule has 1 aromatic heterocycles. The van der Waals surface area contributed by atoms with Gasteiger partial charge in [0.05, 0.1) is 25.5 Å². The quantitative estimate of drug-likeness (QED) is 0.487. The van der Waals surface area contributed by atoms with Gasteiger partial charge in [0.2, 0.25) is 0 Å². The second kappa shape index (κ2) is 11.0. The number of rotatable bonds is 9. The lowest BCUT2D eigenvalue weighted by molar-refractivity contribution is 0.215. The first-order valence-electron chi connectivity index (χ1n) is 10.6. The van der Waals surface area contributed by atoms with Crippen LogP contribution >= 0.6 is 0 Å². The zero-order chi connectivity index (χ0) is 21.3. The molecular formula is C23H35N5O2. The molecule has 2 heterocycles. The molecule has 3 rings (SSSR count). The van der Waals surface area contributed by atoms with E-state index in [1.54, 1.807) is 20.4 Å². The summed E-state index contributed by atoms with van der Waals surface area (Å²) in [5.41, 5.74) is 1.15. The summed E-state index contributed by atoms with van der Waals surface area (Å²) >= 11 is 0. The number of furan rings is 1. The van der Waals surface area contributed by atoms with E-state index in [4.69, 9.17) is 9.15 Å². The highest BCUT2D eigenvalue weighted by Crippen LogP contribution is 2.27. The van der Waals surface area contributed by atoms with Crippen LogP contribution in [0.2, 0.25) is 0 Å². The molecule has 0 radical (unpaired) electrons. The zero-order valence-electron chi connectivity index (χ0n) is 18.6. The van der Waals surface area contributed by atoms with Gasteiger partial charge in [-0.05, 0) is 58.2 Å². The Bertz CT molecular complexity index is 785. The van der Waals surface area contributed by atoms with Gasteiger partial charge in [-0.1, -0.05) is 18.2 Å². The summed E-state index contributed by atoms with van der Waals surface area (Å²) in [7, 11) is 7.68. The van der Waals surface area contributed by atoms with Crippen molar-refractivity contribution in [1.29, 1.82) is 0 Å². The number of nitrogens with one attached hydrogen (secondary N) is 2. The van der Waals surface area contributed by atoms with E-state index in [-0.39, 0.29) is 12.1 Å². The molecule has 7 nitrogen and oxygen atoms in total. The average molecular weight is 414 g/mol. The number of para-hydroxylation sites is 1. The maximum atomic E-state index is 5.72. The predicted molar refractivity (Wildman–Crippen MR) is 121 cm³/mol. The minimum atomic E-state index is 0.152. The minimum Gasteiger partial charge on any atom is -0.496 e. The molecule has 1 aromatic carbocycles. The normalized spacial score (nSPS) is 17.2. The number of hydrogen-bond donors (Lipinski definition) is 2. The van der Waals surface area contributed by atoms with Crippen LogP contribution in [0.1, 0.15) is 36.2 Å². The maximum Gasteiger partial charge on any atom is 0.191 e. The molecule has 1 saturated heterocycles. The Hall–Kier alpha value is -2.51. The topological polar surface area (TPSA) is 65.3 Å². The van der Waals surface area contributed by atoms with Crippen LogP contribution in [0.25, 0.3) is 0 Å². The molecule has 0 amide bonds. The molecule has 1 aliphatic rings. The van der Waals surface area contributed by atoms with Crippen LogP contribution in [-0.2, 0) is 0 Å². The van der Waals surface area contributed by atoms with Crippen LogP contribution in [0.5, 0.6) is 5.75 Å². The van der Waals surface area contributed by atoms with Crippen LogP contribution in [0.3, 0.4) is 0 Å². The Kier molecular flexibility index (Phi) is 8.16. The van der Waals surface area contributed by atoms with Gasteiger partial charge in [0.25, 0.3) is 0 Å². The molecule has 30 heavy (non-hydrogen) atoms. The van der Waals surface area contributed by atoms with Crippen molar-refractivity contribution in [3.63, 3.8) is 0 Å². The lowest BCUT2D eigenvalue weighted by Crippen LogP contribution is -2.45. The molecule has 164 valence electrons. The fourth-order valence-corrected chi connectivity index (χ4v) is 4.06. The summed E-state index contributed by atoms with van der Waals surface area (Å²) in [6.45, 7) is 3.67. The largest absolute Gasteiger partial charge is 0.496 e. The van der Waals surface area contributed by atoms with E-state index in [0.717, 1.165) is 42.7 Å². The number of methoxy groups -OCH3 is 1. The van der Waals surface area contributed by atoms with Gasteiger partial charge in [0, 0.05) is 25.7 Å². The van der Waals surface area contributed by atoms with E-state index in [9.17, 15) is 0 Å². The number of benzene rings is 1. The van der Waals surface area contributed by atoms with Crippen LogP contribution in [0.15, 0.2) is 52.1 Å². The van der Waals surface area contributed by atoms with Crippen LogP contribution in [0, 0.1) is 0 Å². The van der Waals surface area contributed by atoms with E-state index in [1.165, 1.54) is 12.8 Å². The van der Waals surface area contributed by atoms with E-state index in [1.807, 2.05) is 24.3 Å². The minimum absolute atomic E-state index is 0.152. The van der Waals surface area contributed by atoms with Gasteiger partial charge < -0.3 is 24.7 Å². The Morgan fingerprint density at radius 1 is 1.13 bits per heavy atom. The summed E-state index contributed by atoms with van der Waals surface area (Å²) in [6, 6.07) is 12.5. The third-order valence-electron chi connectivity index (χ3n) is 5.72. The van der Waals surface area contributed by atoms with Crippen LogP contribution in [-0.4, -0.2) is 70.2 Å². The van der Waals surface area contributed by atoms with Crippen molar-refractivity contribution in [1.82, 2.24) is 20.4 Å². The molecule has 0 spiro atoms. The highest BCUT2D eigenvalue weighted by molar-refractivity contribution is 5.79. The second-order valence-electron chi connectivity index (χ2n) is 7.83. The first-order valence-corrected chi connectivity index (χ1v) is 10.6. The number of hydrogen-bond acceptors (Lipinski definition) is 5. The third kappa shape index (κ3) is 5.55. The van der Waals surface area contributed by atoms with Gasteiger partial charge in [-0.25, -0.2) is 0 Å². The molecule has 1 aliphatic heterocycles. The van der Waals surface area contributed by atoms with Gasteiger partial charge in [-0.2, -0.15) is 0 Å². The molecular weight excluding hydrogens is 378 g/mol. The van der Waals surface area contributed by atoms with Crippen molar-refractivity contribution in [2.24, 2.45) is 4.99 Å². The monoisotopic (exact) mass is 413 g/mol. The number of aliphatic imine (C=N–C) groups is 1. The second-order valence-corrected chi connectivity index (χ2v) is 7.83. The van der Waals surface area contributed by atoms with Gasteiger partial charge >= 0.3 is 0 Å². The fourth-order valence-electron chi connectivity index (χ4n) is 4.06. The Morgan fingerprint density at radius 3 is 2.50 bits per heavy atom. The first-order chi connectivity index (χ1) is 14.6. The molecule has 2 N–H and O–H groups in total. The number of nitrogens with zero attached hydrogens (tertiary/aromatic N) is 3. The van der Waals surface area contributed by atoms with Gasteiger partial charge in [0.1, 0.15) is 11.5 Å². The van der Waals surface area contributed by atoms with Crippen molar-refractivity contribution in [3.05, 3.63) is 54.0 Å². The molecule has 0 aliphatic carbocycles. The zero-order valence-corrected chi connectivity index (χ0v) is 18.6. The van der Waals surface area contributed by atoms with E-state index in [0.29, 0.717) is 6.54 Å². The highest BCUT2D eigenvalue weighted by Gasteiger charge is 2.26. The van der Waals surface area contributed by atoms with Crippen molar-refractivity contribution >= 4 is 5.96 Å². The number of likely N-dealkylation sites (tertiary alicyclic amines) is 1. The Balaban J connectivity index is 1.63. The number of guanidine groups is 1. The number of ether oxygens (including phenoxy) is 1. The maximum absolute atomic E-state index is 5.72. The lowest BCUT2D eigenvalue weighted by Gasteiger charge is -2.29. The molecule has 1 fully saturated rings. The third-order valence-corrected chi connectivity index (χ3v) is 5.72. The molecule has 0 bridgehead atoms. The SMILES string of the molecule is CN=C(NCC(c1ccccc1OC)N(C)C)NCC(c1ccco1)N1CCCC1. The van der Waals surface area contributed by atoms with Gasteiger partial charge in [-0.3, -0.25) is 9.89 Å². The first kappa shape index (κ1) is 22.2.